The zero-order valence-electron chi connectivity index (χ0n) is 20.5. The average Bonchev–Trinajstić information content (AvgIpc) is 3.58. The second-order valence-corrected chi connectivity index (χ2v) is 8.50. The van der Waals surface area contributed by atoms with Crippen molar-refractivity contribution in [2.75, 3.05) is 76.7 Å². The van der Waals surface area contributed by atoms with Crippen molar-refractivity contribution in [3.8, 4) is 0 Å². The summed E-state index contributed by atoms with van der Waals surface area (Å²) in [6.07, 6.45) is -1.35. The molecule has 0 aliphatic carbocycles. The number of anilines is 2. The summed E-state index contributed by atoms with van der Waals surface area (Å²) in [7, 11) is 3.30. The van der Waals surface area contributed by atoms with Crippen LogP contribution in [0.4, 0.5) is 20.7 Å². The highest BCUT2D eigenvalue weighted by Gasteiger charge is 2.35. The molecule has 11 nitrogen and oxygen atoms in total. The zero-order valence-corrected chi connectivity index (χ0v) is 20.5. The van der Waals surface area contributed by atoms with Crippen molar-refractivity contribution in [1.82, 2.24) is 5.16 Å². The van der Waals surface area contributed by atoms with Crippen molar-refractivity contribution in [2.24, 2.45) is 0 Å². The number of nitrogens with zero attached hydrogens (tertiary/aromatic N) is 3. The second-order valence-electron chi connectivity index (χ2n) is 8.50. The first kappa shape index (κ1) is 25.6. The number of hydrogen-bond donors (Lipinski definition) is 0. The highest BCUT2D eigenvalue weighted by Crippen LogP contribution is 2.42. The van der Waals surface area contributed by atoms with Crippen molar-refractivity contribution in [1.29, 1.82) is 0 Å². The van der Waals surface area contributed by atoms with E-state index >= 15 is 4.39 Å². The summed E-state index contributed by atoms with van der Waals surface area (Å²) in [5, 5.41) is 4.34. The Kier molecular flexibility index (Phi) is 8.39. The first-order valence-electron chi connectivity index (χ1n) is 11.6. The number of carbonyl (C=O) groups excluding carboxylic acids is 1. The van der Waals surface area contributed by atoms with Gasteiger partial charge in [-0.05, 0) is 19.9 Å². The van der Waals surface area contributed by atoms with Gasteiger partial charge in [-0.1, -0.05) is 5.16 Å². The van der Waals surface area contributed by atoms with E-state index in [0.717, 1.165) is 0 Å². The van der Waals surface area contributed by atoms with Gasteiger partial charge in [0.2, 0.25) is 5.58 Å². The van der Waals surface area contributed by atoms with Crippen LogP contribution in [0.25, 0.3) is 11.0 Å². The first-order valence-corrected chi connectivity index (χ1v) is 11.6. The van der Waals surface area contributed by atoms with Crippen LogP contribution in [-0.4, -0.2) is 90.3 Å². The Bertz CT molecular complexity index is 998. The van der Waals surface area contributed by atoms with Crippen LogP contribution in [0.15, 0.2) is 10.6 Å². The molecule has 3 fully saturated rings. The lowest BCUT2D eigenvalue weighted by molar-refractivity contribution is -0.0445. The summed E-state index contributed by atoms with van der Waals surface area (Å²) in [4.78, 5) is 15.3. The van der Waals surface area contributed by atoms with Gasteiger partial charge in [0, 0.05) is 32.9 Å². The van der Waals surface area contributed by atoms with E-state index in [1.54, 1.807) is 20.3 Å². The lowest BCUT2D eigenvalue weighted by Crippen LogP contribution is -2.46. The fraction of sp³-hybridized carbons (Fsp3) is 0.652. The number of methoxy groups -OCH3 is 2. The third kappa shape index (κ3) is 5.51. The average molecular weight is 498 g/mol. The number of carbonyl (C=O) groups is 1. The molecule has 12 heteroatoms. The van der Waals surface area contributed by atoms with Gasteiger partial charge in [-0.25, -0.2) is 9.18 Å². The number of benzene rings is 1. The number of morpholine rings is 1. The number of hydrogen-bond acceptors (Lipinski definition) is 10. The van der Waals surface area contributed by atoms with Crippen molar-refractivity contribution < 1.29 is 42.1 Å². The summed E-state index contributed by atoms with van der Waals surface area (Å²) in [6, 6.07) is 1.74. The first-order chi connectivity index (χ1) is 16.9. The lowest BCUT2D eigenvalue weighted by atomic mass is 10.1. The van der Waals surface area contributed by atoms with E-state index in [1.807, 2.05) is 18.7 Å². The molecule has 3 saturated heterocycles. The maximum absolute atomic E-state index is 15.8. The second kappa shape index (κ2) is 11.5. The number of halogens is 1. The summed E-state index contributed by atoms with van der Waals surface area (Å²) < 4.78 is 52.6. The van der Waals surface area contributed by atoms with E-state index in [-0.39, 0.29) is 30.2 Å². The topological polar surface area (TPSA) is 105 Å². The van der Waals surface area contributed by atoms with Crippen LogP contribution in [0.3, 0.4) is 0 Å². The molecule has 3 aliphatic heterocycles. The molecule has 35 heavy (non-hydrogen) atoms. The molecule has 1 amide bonds. The molecule has 0 radical (unpaired) electrons. The predicted octanol–water partition coefficient (Wildman–Crippen LogP) is 2.86. The largest absolute Gasteiger partial charge is 0.447 e. The van der Waals surface area contributed by atoms with Crippen molar-refractivity contribution in [2.45, 2.75) is 32.3 Å². The van der Waals surface area contributed by atoms with Gasteiger partial charge < -0.3 is 37.8 Å². The molecule has 0 N–H and O–H groups in total. The van der Waals surface area contributed by atoms with Gasteiger partial charge in [0.1, 0.15) is 6.61 Å². The quantitative estimate of drug-likeness (QED) is 0.553. The van der Waals surface area contributed by atoms with E-state index in [4.69, 9.17) is 23.5 Å². The summed E-state index contributed by atoms with van der Waals surface area (Å²) in [5.41, 5.74) is 0.896. The summed E-state index contributed by atoms with van der Waals surface area (Å²) in [6.45, 7) is 7.75. The standard InChI is InChI=1S/C19H22FN3O6.C4H10O2/c1-10-8-22(9-11(2)28-10)15-12(18-25-5-6-26-18)7-13-16(14(15)20)29-21-17(13)23-3-4-27-19(23)24;1-5-3-4-6-2/h7,10-11,18H,3-6,8-9H2,1-2H3;3-4H2,1-2H3/t10-,11-;/m1./s1. The van der Waals surface area contributed by atoms with Crippen LogP contribution in [0, 0.1) is 5.82 Å². The SMILES string of the molecule is COCCOC.C[C@@H]1CN(c2c(C3OCCO3)cc3c(N4CCOC4=O)noc3c2F)C[C@@H](C)O1. The Morgan fingerprint density at radius 3 is 2.31 bits per heavy atom. The normalized spacial score (nSPS) is 23.1. The fourth-order valence-electron chi connectivity index (χ4n) is 4.38. The maximum atomic E-state index is 15.8. The van der Waals surface area contributed by atoms with E-state index in [2.05, 4.69) is 14.6 Å². The summed E-state index contributed by atoms with van der Waals surface area (Å²) >= 11 is 0. The molecule has 2 aromatic rings. The molecule has 1 aromatic carbocycles. The molecule has 0 saturated carbocycles. The molecular formula is C23H32FN3O8. The molecule has 0 unspecified atom stereocenters. The van der Waals surface area contributed by atoms with Crippen LogP contribution in [0.2, 0.25) is 0 Å². The van der Waals surface area contributed by atoms with Gasteiger partial charge in [-0.3, -0.25) is 4.90 Å². The molecule has 194 valence electrons. The molecule has 5 rings (SSSR count). The Labute approximate surface area is 202 Å². The fourth-order valence-corrected chi connectivity index (χ4v) is 4.38. The van der Waals surface area contributed by atoms with Gasteiger partial charge in [0.15, 0.2) is 17.9 Å². The number of amides is 1. The van der Waals surface area contributed by atoms with E-state index < -0.39 is 18.2 Å². The zero-order chi connectivity index (χ0) is 24.9. The predicted molar refractivity (Wildman–Crippen MR) is 123 cm³/mol. The highest BCUT2D eigenvalue weighted by atomic mass is 19.1. The highest BCUT2D eigenvalue weighted by molar-refractivity contribution is 6.00. The van der Waals surface area contributed by atoms with Gasteiger partial charge in [0.05, 0.1) is 56.3 Å². The van der Waals surface area contributed by atoms with Crippen LogP contribution >= 0.6 is 0 Å². The third-order valence-corrected chi connectivity index (χ3v) is 5.81. The molecular weight excluding hydrogens is 465 g/mol. The van der Waals surface area contributed by atoms with Crippen molar-refractivity contribution >= 4 is 28.6 Å². The molecule has 1 aromatic heterocycles. The summed E-state index contributed by atoms with van der Waals surface area (Å²) in [5.74, 6) is -0.319. The van der Waals surface area contributed by atoms with E-state index in [9.17, 15) is 4.79 Å². The number of aromatic nitrogens is 1. The minimum absolute atomic E-state index is 0.0109. The van der Waals surface area contributed by atoms with Crippen LogP contribution in [0.5, 0.6) is 0 Å². The number of cyclic esters (lactones) is 1. The Hall–Kier alpha value is -2.51. The van der Waals surface area contributed by atoms with Gasteiger partial charge in [-0.2, -0.15) is 0 Å². The van der Waals surface area contributed by atoms with Crippen molar-refractivity contribution in [3.05, 3.63) is 17.4 Å². The Balaban J connectivity index is 0.000000431. The third-order valence-electron chi connectivity index (χ3n) is 5.81. The lowest BCUT2D eigenvalue weighted by Gasteiger charge is -2.38. The molecule has 2 atom stereocenters. The Morgan fingerprint density at radius 2 is 1.74 bits per heavy atom. The molecule has 4 heterocycles. The van der Waals surface area contributed by atoms with Gasteiger partial charge >= 0.3 is 6.09 Å². The molecule has 3 aliphatic rings. The molecule has 0 bridgehead atoms. The number of fused-ring (bicyclic) bond motifs is 1. The Morgan fingerprint density at radius 1 is 1.09 bits per heavy atom. The van der Waals surface area contributed by atoms with E-state index in [1.165, 1.54) is 4.90 Å². The monoisotopic (exact) mass is 497 g/mol. The minimum atomic E-state index is -0.703. The van der Waals surface area contributed by atoms with E-state index in [0.29, 0.717) is 62.7 Å². The number of rotatable bonds is 6. The van der Waals surface area contributed by atoms with Crippen LogP contribution in [0.1, 0.15) is 25.7 Å². The smallest absolute Gasteiger partial charge is 0.415 e. The van der Waals surface area contributed by atoms with Gasteiger partial charge in [0.25, 0.3) is 0 Å². The molecule has 0 spiro atoms. The van der Waals surface area contributed by atoms with Crippen molar-refractivity contribution in [3.63, 3.8) is 0 Å². The van der Waals surface area contributed by atoms with Crippen LogP contribution in [-0.2, 0) is 28.4 Å². The van der Waals surface area contributed by atoms with Crippen LogP contribution < -0.4 is 9.80 Å². The minimum Gasteiger partial charge on any atom is -0.447 e. The number of ether oxygens (including phenoxy) is 6. The van der Waals surface area contributed by atoms with Gasteiger partial charge in [-0.15, -0.1) is 0 Å². The maximum Gasteiger partial charge on any atom is 0.415 e.